The van der Waals surface area contributed by atoms with Crippen LogP contribution in [-0.4, -0.2) is 54.1 Å². The van der Waals surface area contributed by atoms with Gasteiger partial charge in [-0.15, -0.1) is 0 Å². The Kier molecular flexibility index (Phi) is 29.1. The zero-order chi connectivity index (χ0) is 28.8. The summed E-state index contributed by atoms with van der Waals surface area (Å²) < 4.78 is 5.18. The predicted molar refractivity (Wildman–Crippen MR) is 168 cm³/mol. The van der Waals surface area contributed by atoms with Crippen molar-refractivity contribution >= 4 is 6.16 Å². The van der Waals surface area contributed by atoms with Gasteiger partial charge in [0, 0.05) is 0 Å². The minimum Gasteiger partial charge on any atom is -0.450 e. The topological polar surface area (TPSA) is 70.0 Å². The van der Waals surface area contributed by atoms with Crippen LogP contribution in [0.4, 0.5) is 4.79 Å². The monoisotopic (exact) mass is 554 g/mol. The highest BCUT2D eigenvalue weighted by atomic mass is 16.7. The number of hydrogen-bond acceptors (Lipinski definition) is 4. The van der Waals surface area contributed by atoms with Crippen LogP contribution in [0.3, 0.4) is 0 Å². The molecule has 0 aliphatic carbocycles. The van der Waals surface area contributed by atoms with Crippen LogP contribution in [0.1, 0.15) is 167 Å². The second-order valence-electron chi connectivity index (χ2n) is 12.0. The van der Waals surface area contributed by atoms with Gasteiger partial charge in [0.1, 0.15) is 6.10 Å². The fraction of sp³-hybridized carbons (Fsp3) is 0.912. The van der Waals surface area contributed by atoms with E-state index in [4.69, 9.17) is 9.84 Å². The minimum absolute atomic E-state index is 0.133. The van der Waals surface area contributed by atoms with Crippen LogP contribution < -0.4 is 0 Å². The predicted octanol–water partition coefficient (Wildman–Crippen LogP) is 10.3. The summed E-state index contributed by atoms with van der Waals surface area (Å²) in [6, 6.07) is 0. The fourth-order valence-corrected chi connectivity index (χ4v) is 5.26. The molecule has 0 aromatic carbocycles. The van der Waals surface area contributed by atoms with Crippen LogP contribution >= 0.6 is 0 Å². The van der Waals surface area contributed by atoms with Crippen LogP contribution in [0.2, 0.25) is 0 Å². The van der Waals surface area contributed by atoms with Crippen LogP contribution in [0, 0.1) is 0 Å². The third-order valence-electron chi connectivity index (χ3n) is 7.76. The van der Waals surface area contributed by atoms with Gasteiger partial charge in [0.2, 0.25) is 0 Å². The molecule has 0 amide bonds. The molecule has 2 N–H and O–H groups in total. The smallest absolute Gasteiger partial charge is 0.450 e. The molecule has 0 radical (unpaired) electrons. The van der Waals surface area contributed by atoms with Gasteiger partial charge in [0.15, 0.2) is 0 Å². The molecule has 0 aromatic heterocycles. The second-order valence-corrected chi connectivity index (χ2v) is 12.0. The third kappa shape index (κ3) is 31.3. The molecule has 0 bridgehead atoms. The SMILES string of the molecule is CCCCCCC(O)CC=CCCCCCCCC(CCCCCCCCCCCCCN(C)C)OC(=O)O. The van der Waals surface area contributed by atoms with Crippen molar-refractivity contribution in [1.29, 1.82) is 0 Å². The van der Waals surface area contributed by atoms with E-state index in [1.165, 1.54) is 109 Å². The van der Waals surface area contributed by atoms with Crippen molar-refractivity contribution in [3.8, 4) is 0 Å². The molecule has 0 aromatic rings. The van der Waals surface area contributed by atoms with E-state index in [2.05, 4.69) is 38.1 Å². The van der Waals surface area contributed by atoms with Gasteiger partial charge >= 0.3 is 6.16 Å². The van der Waals surface area contributed by atoms with Crippen LogP contribution in [0.5, 0.6) is 0 Å². The molecule has 0 heterocycles. The largest absolute Gasteiger partial charge is 0.506 e. The maximum absolute atomic E-state index is 11.1. The van der Waals surface area contributed by atoms with Crippen molar-refractivity contribution in [2.45, 2.75) is 180 Å². The van der Waals surface area contributed by atoms with Gasteiger partial charge < -0.3 is 19.8 Å². The Hall–Kier alpha value is -1.07. The van der Waals surface area contributed by atoms with Crippen molar-refractivity contribution in [3.05, 3.63) is 12.2 Å². The van der Waals surface area contributed by atoms with Gasteiger partial charge in [-0.25, -0.2) is 4.79 Å². The summed E-state index contributed by atoms with van der Waals surface area (Å²) in [5, 5.41) is 19.1. The molecule has 2 unspecified atom stereocenters. The Bertz CT molecular complexity index is 537. The molecule has 5 nitrogen and oxygen atoms in total. The van der Waals surface area contributed by atoms with E-state index in [1.807, 2.05) is 0 Å². The maximum Gasteiger partial charge on any atom is 0.506 e. The van der Waals surface area contributed by atoms with Crippen molar-refractivity contribution in [2.24, 2.45) is 0 Å². The first-order chi connectivity index (χ1) is 19.0. The van der Waals surface area contributed by atoms with Crippen LogP contribution in [0.25, 0.3) is 0 Å². The summed E-state index contributed by atoms with van der Waals surface area (Å²) in [4.78, 5) is 13.4. The Balaban J connectivity index is 3.62. The number of carbonyl (C=O) groups is 1. The summed E-state index contributed by atoms with van der Waals surface area (Å²) in [5.74, 6) is 0. The van der Waals surface area contributed by atoms with Gasteiger partial charge in [0.05, 0.1) is 6.10 Å². The zero-order valence-electron chi connectivity index (χ0n) is 26.4. The average molecular weight is 554 g/mol. The molecule has 0 aliphatic rings. The van der Waals surface area contributed by atoms with E-state index in [0.717, 1.165) is 57.8 Å². The normalized spacial score (nSPS) is 13.4. The van der Waals surface area contributed by atoms with Crippen molar-refractivity contribution in [2.75, 3.05) is 20.6 Å². The lowest BCUT2D eigenvalue weighted by molar-refractivity contribution is 0.0422. The van der Waals surface area contributed by atoms with E-state index in [0.29, 0.717) is 0 Å². The quantitative estimate of drug-likeness (QED) is 0.0526. The summed E-state index contributed by atoms with van der Waals surface area (Å²) in [6.45, 7) is 3.42. The Morgan fingerprint density at radius 3 is 1.64 bits per heavy atom. The number of hydrogen-bond donors (Lipinski definition) is 2. The lowest BCUT2D eigenvalue weighted by Gasteiger charge is -2.16. The molecule has 0 saturated heterocycles. The van der Waals surface area contributed by atoms with Gasteiger partial charge in [-0.1, -0.05) is 122 Å². The van der Waals surface area contributed by atoms with Crippen molar-refractivity contribution in [3.63, 3.8) is 0 Å². The highest BCUT2D eigenvalue weighted by Crippen LogP contribution is 2.18. The first-order valence-electron chi connectivity index (χ1n) is 16.8. The van der Waals surface area contributed by atoms with Gasteiger partial charge in [-0.3, -0.25) is 0 Å². The highest BCUT2D eigenvalue weighted by molar-refractivity contribution is 5.57. The molecule has 0 spiro atoms. The Morgan fingerprint density at radius 1 is 0.667 bits per heavy atom. The number of carboxylic acid groups (broad SMARTS) is 1. The number of unbranched alkanes of at least 4 members (excludes halogenated alkanes) is 18. The van der Waals surface area contributed by atoms with Crippen LogP contribution in [0.15, 0.2) is 12.2 Å². The molecular weight excluding hydrogens is 486 g/mol. The summed E-state index contributed by atoms with van der Waals surface area (Å²) in [5.41, 5.74) is 0. The highest BCUT2D eigenvalue weighted by Gasteiger charge is 2.13. The maximum atomic E-state index is 11.1. The number of rotatable bonds is 30. The first-order valence-corrected chi connectivity index (χ1v) is 16.8. The zero-order valence-corrected chi connectivity index (χ0v) is 26.4. The molecule has 2 atom stereocenters. The van der Waals surface area contributed by atoms with Crippen molar-refractivity contribution < 1.29 is 19.7 Å². The van der Waals surface area contributed by atoms with E-state index < -0.39 is 6.16 Å². The molecule has 39 heavy (non-hydrogen) atoms. The third-order valence-corrected chi connectivity index (χ3v) is 7.76. The molecule has 0 aliphatic heterocycles. The molecule has 5 heteroatoms. The van der Waals surface area contributed by atoms with Crippen LogP contribution in [-0.2, 0) is 4.74 Å². The number of aliphatic hydroxyl groups is 1. The van der Waals surface area contributed by atoms with Crippen molar-refractivity contribution in [1.82, 2.24) is 4.90 Å². The summed E-state index contributed by atoms with van der Waals surface area (Å²) >= 11 is 0. The van der Waals surface area contributed by atoms with Gasteiger partial charge in [0.25, 0.3) is 0 Å². The second kappa shape index (κ2) is 29.9. The van der Waals surface area contributed by atoms with E-state index in [9.17, 15) is 9.90 Å². The lowest BCUT2D eigenvalue weighted by atomic mass is 10.0. The number of aliphatic hydroxyl groups excluding tert-OH is 1. The number of ether oxygens (including phenoxy) is 1. The molecule has 0 fully saturated rings. The van der Waals surface area contributed by atoms with E-state index >= 15 is 0 Å². The molecular formula is C34H67NO4. The molecule has 232 valence electrons. The number of allylic oxidation sites excluding steroid dienone is 1. The lowest BCUT2D eigenvalue weighted by Crippen LogP contribution is -2.16. The van der Waals surface area contributed by atoms with Gasteiger partial charge in [-0.05, 0) is 78.4 Å². The molecule has 0 saturated carbocycles. The standard InChI is InChI=1S/C34H67NO4/c1-4-5-6-22-27-32(36)28-23-18-14-11-12-16-20-25-30-33(39-34(37)38)29-24-19-15-10-8-7-9-13-17-21-26-31-35(2)3/h18,23,32-33,36H,4-17,19-22,24-31H2,1-3H3,(H,37,38). The fourth-order valence-electron chi connectivity index (χ4n) is 5.26. The first kappa shape index (κ1) is 37.9. The van der Waals surface area contributed by atoms with Gasteiger partial charge in [-0.2, -0.15) is 0 Å². The summed E-state index contributed by atoms with van der Waals surface area (Å²) in [7, 11) is 4.29. The average Bonchev–Trinajstić information content (AvgIpc) is 2.89. The summed E-state index contributed by atoms with van der Waals surface area (Å²) in [6.07, 6.45) is 32.5. The number of nitrogens with zero attached hydrogens (tertiary/aromatic N) is 1. The van der Waals surface area contributed by atoms with E-state index in [1.54, 1.807) is 0 Å². The Labute approximate surface area is 243 Å². The van der Waals surface area contributed by atoms with E-state index in [-0.39, 0.29) is 12.2 Å². The molecule has 0 rings (SSSR count). The minimum atomic E-state index is -1.13. The Morgan fingerprint density at radius 2 is 1.13 bits per heavy atom.